The van der Waals surface area contributed by atoms with Crippen LogP contribution in [0.25, 0.3) is 0 Å². The Hall–Kier alpha value is -0.810. The maximum absolute atomic E-state index is 13.6. The molecule has 0 spiro atoms. The maximum atomic E-state index is 13.6. The second kappa shape index (κ2) is 5.45. The molecule has 1 nitrogen and oxygen atoms in total. The van der Waals surface area contributed by atoms with Crippen molar-refractivity contribution in [3.63, 3.8) is 0 Å². The minimum atomic E-state index is -4.56. The van der Waals surface area contributed by atoms with Gasteiger partial charge >= 0.3 is 6.18 Å². The Labute approximate surface area is 109 Å². The van der Waals surface area contributed by atoms with Crippen molar-refractivity contribution in [2.24, 2.45) is 11.7 Å². The Morgan fingerprint density at radius 2 is 1.83 bits per heavy atom. The van der Waals surface area contributed by atoms with Gasteiger partial charge in [0.15, 0.2) is 0 Å². The molecule has 0 amide bonds. The molecule has 1 saturated carbocycles. The molecule has 1 aliphatic carbocycles. The van der Waals surface area contributed by atoms with Gasteiger partial charge in [-0.3, -0.25) is 0 Å². The molecule has 18 heavy (non-hydrogen) atoms. The predicted octanol–water partition coefficient (Wildman–Crippen LogP) is 4.07. The third-order valence-corrected chi connectivity index (χ3v) is 3.35. The molecular weight excluding hydrogens is 270 g/mol. The standard InChI is InChI=1S/C12H13F4N.ClH/c13-9-6-2-5-8(12(14,15)16)10(9)11(17)7-3-1-4-7;/h2,5-7,11H,1,3-4,17H2;1H/t11-;/m0./s1. The molecule has 6 heteroatoms. The van der Waals surface area contributed by atoms with E-state index >= 15 is 0 Å². The highest BCUT2D eigenvalue weighted by Gasteiger charge is 2.38. The Kier molecular flexibility index (Phi) is 4.61. The highest BCUT2D eigenvalue weighted by Crippen LogP contribution is 2.42. The van der Waals surface area contributed by atoms with Gasteiger partial charge in [-0.15, -0.1) is 12.4 Å². The first-order chi connectivity index (χ1) is 7.91. The van der Waals surface area contributed by atoms with Gasteiger partial charge in [0.25, 0.3) is 0 Å². The number of nitrogens with two attached hydrogens (primary N) is 1. The van der Waals surface area contributed by atoms with Crippen molar-refractivity contribution in [1.82, 2.24) is 0 Å². The van der Waals surface area contributed by atoms with Crippen LogP contribution in [0, 0.1) is 11.7 Å². The van der Waals surface area contributed by atoms with E-state index in [9.17, 15) is 17.6 Å². The van der Waals surface area contributed by atoms with Crippen LogP contribution in [0.4, 0.5) is 17.6 Å². The summed E-state index contributed by atoms with van der Waals surface area (Å²) in [7, 11) is 0. The molecule has 0 saturated heterocycles. The average Bonchev–Trinajstić information content (AvgIpc) is 2.12. The van der Waals surface area contributed by atoms with Gasteiger partial charge in [0, 0.05) is 11.6 Å². The minimum absolute atomic E-state index is 0. The van der Waals surface area contributed by atoms with E-state index < -0.39 is 23.6 Å². The third kappa shape index (κ3) is 2.78. The molecule has 1 aromatic carbocycles. The molecular formula is C12H14ClF4N. The molecule has 0 aromatic heterocycles. The van der Waals surface area contributed by atoms with E-state index in [1.807, 2.05) is 0 Å². The molecule has 2 rings (SSSR count). The largest absolute Gasteiger partial charge is 0.416 e. The Morgan fingerprint density at radius 3 is 2.28 bits per heavy atom. The van der Waals surface area contributed by atoms with Crippen LogP contribution in [0.15, 0.2) is 18.2 Å². The predicted molar refractivity (Wildman–Crippen MR) is 62.9 cm³/mol. The molecule has 1 aromatic rings. The van der Waals surface area contributed by atoms with Crippen LogP contribution in [0.5, 0.6) is 0 Å². The third-order valence-electron chi connectivity index (χ3n) is 3.35. The number of benzene rings is 1. The summed E-state index contributed by atoms with van der Waals surface area (Å²) in [6, 6.07) is 2.12. The molecule has 0 aliphatic heterocycles. The van der Waals surface area contributed by atoms with E-state index in [4.69, 9.17) is 5.73 Å². The lowest BCUT2D eigenvalue weighted by Gasteiger charge is -2.32. The summed E-state index contributed by atoms with van der Waals surface area (Å²) in [5.74, 6) is -0.896. The Morgan fingerprint density at radius 1 is 1.22 bits per heavy atom. The van der Waals surface area contributed by atoms with E-state index in [1.54, 1.807) is 0 Å². The van der Waals surface area contributed by atoms with Crippen molar-refractivity contribution in [1.29, 1.82) is 0 Å². The van der Waals surface area contributed by atoms with Gasteiger partial charge in [-0.1, -0.05) is 12.5 Å². The molecule has 1 atom stereocenters. The van der Waals surface area contributed by atoms with Gasteiger partial charge in [-0.25, -0.2) is 4.39 Å². The van der Waals surface area contributed by atoms with E-state index in [0.717, 1.165) is 37.5 Å². The van der Waals surface area contributed by atoms with E-state index in [1.165, 1.54) is 0 Å². The van der Waals surface area contributed by atoms with Gasteiger partial charge in [-0.2, -0.15) is 13.2 Å². The molecule has 1 fully saturated rings. The molecule has 0 heterocycles. The first-order valence-corrected chi connectivity index (χ1v) is 5.52. The molecule has 0 bridgehead atoms. The highest BCUT2D eigenvalue weighted by molar-refractivity contribution is 5.85. The Bertz CT molecular complexity index is 415. The number of hydrogen-bond acceptors (Lipinski definition) is 1. The van der Waals surface area contributed by atoms with Gasteiger partial charge in [-0.05, 0) is 30.9 Å². The van der Waals surface area contributed by atoms with E-state index in [-0.39, 0.29) is 23.9 Å². The molecule has 2 N–H and O–H groups in total. The van der Waals surface area contributed by atoms with Gasteiger partial charge in [0.1, 0.15) is 5.82 Å². The van der Waals surface area contributed by atoms with Crippen LogP contribution < -0.4 is 5.73 Å². The summed E-state index contributed by atoms with van der Waals surface area (Å²) in [5.41, 5.74) is 4.43. The lowest BCUT2D eigenvalue weighted by molar-refractivity contribution is -0.138. The molecule has 0 radical (unpaired) electrons. The summed E-state index contributed by atoms with van der Waals surface area (Å²) in [4.78, 5) is 0. The van der Waals surface area contributed by atoms with Crippen LogP contribution in [0.1, 0.15) is 36.4 Å². The fraction of sp³-hybridized carbons (Fsp3) is 0.500. The van der Waals surface area contributed by atoms with Crippen molar-refractivity contribution in [3.8, 4) is 0 Å². The monoisotopic (exact) mass is 283 g/mol. The van der Waals surface area contributed by atoms with Crippen molar-refractivity contribution in [3.05, 3.63) is 35.1 Å². The van der Waals surface area contributed by atoms with Crippen LogP contribution in [0.2, 0.25) is 0 Å². The number of alkyl halides is 3. The summed E-state index contributed by atoms with van der Waals surface area (Å²) in [6.07, 6.45) is -2.06. The first-order valence-electron chi connectivity index (χ1n) is 5.52. The van der Waals surface area contributed by atoms with Crippen LogP contribution >= 0.6 is 12.4 Å². The number of halogens is 5. The zero-order valence-corrected chi connectivity index (χ0v) is 10.3. The highest BCUT2D eigenvalue weighted by atomic mass is 35.5. The van der Waals surface area contributed by atoms with Gasteiger partial charge < -0.3 is 5.73 Å². The fourth-order valence-electron chi connectivity index (χ4n) is 2.16. The fourth-order valence-corrected chi connectivity index (χ4v) is 2.16. The quantitative estimate of drug-likeness (QED) is 0.814. The second-order valence-electron chi connectivity index (χ2n) is 4.42. The average molecular weight is 284 g/mol. The first kappa shape index (κ1) is 15.2. The summed E-state index contributed by atoms with van der Waals surface area (Å²) >= 11 is 0. The van der Waals surface area contributed by atoms with Crippen LogP contribution in [0.3, 0.4) is 0 Å². The lowest BCUT2D eigenvalue weighted by Crippen LogP contribution is -2.30. The lowest BCUT2D eigenvalue weighted by atomic mass is 9.76. The summed E-state index contributed by atoms with van der Waals surface area (Å²) in [5, 5.41) is 0. The van der Waals surface area contributed by atoms with Crippen molar-refractivity contribution in [2.45, 2.75) is 31.5 Å². The Balaban J connectivity index is 0.00000162. The van der Waals surface area contributed by atoms with Crippen molar-refractivity contribution >= 4 is 12.4 Å². The van der Waals surface area contributed by atoms with Crippen LogP contribution in [-0.2, 0) is 6.18 Å². The normalized spacial score (nSPS) is 17.8. The van der Waals surface area contributed by atoms with Crippen molar-refractivity contribution in [2.75, 3.05) is 0 Å². The second-order valence-corrected chi connectivity index (χ2v) is 4.42. The van der Waals surface area contributed by atoms with E-state index in [2.05, 4.69) is 0 Å². The van der Waals surface area contributed by atoms with Gasteiger partial charge in [0.05, 0.1) is 5.56 Å². The molecule has 1 aliphatic rings. The van der Waals surface area contributed by atoms with Crippen LogP contribution in [-0.4, -0.2) is 0 Å². The topological polar surface area (TPSA) is 26.0 Å². The minimum Gasteiger partial charge on any atom is -0.324 e. The number of rotatable bonds is 2. The molecule has 102 valence electrons. The zero-order chi connectivity index (χ0) is 12.6. The number of hydrogen-bond donors (Lipinski definition) is 1. The summed E-state index contributed by atoms with van der Waals surface area (Å²) in [6.45, 7) is 0. The maximum Gasteiger partial charge on any atom is 0.416 e. The smallest absolute Gasteiger partial charge is 0.324 e. The van der Waals surface area contributed by atoms with Gasteiger partial charge in [0.2, 0.25) is 0 Å². The van der Waals surface area contributed by atoms with Crippen molar-refractivity contribution < 1.29 is 17.6 Å². The summed E-state index contributed by atoms with van der Waals surface area (Å²) < 4.78 is 51.8. The molecule has 0 unspecified atom stereocenters. The SMILES string of the molecule is Cl.N[C@H](c1c(F)cccc1C(F)(F)F)C1CCC1. The zero-order valence-electron chi connectivity index (χ0n) is 9.51. The van der Waals surface area contributed by atoms with E-state index in [0.29, 0.717) is 0 Å².